The van der Waals surface area contributed by atoms with Crippen LogP contribution in [0.1, 0.15) is 25.0 Å². The Hall–Kier alpha value is -7.16. The van der Waals surface area contributed by atoms with Crippen molar-refractivity contribution >= 4 is 49.8 Å². The fourth-order valence-corrected chi connectivity index (χ4v) is 9.25. The number of nitrogens with zero attached hydrogens (tertiary/aromatic N) is 1. The smallest absolute Gasteiger partial charge is 0.143 e. The van der Waals surface area contributed by atoms with Crippen LogP contribution in [0, 0.1) is 0 Å². The molecular formula is C55H39NO. The van der Waals surface area contributed by atoms with Gasteiger partial charge in [-0.3, -0.25) is 0 Å². The Kier molecular flexibility index (Phi) is 7.55. The summed E-state index contributed by atoms with van der Waals surface area (Å²) in [6.07, 6.45) is 0. The maximum atomic E-state index is 6.42. The number of hydrogen-bond acceptors (Lipinski definition) is 2. The standard InChI is InChI=1S/C55H39NO/c1-55(2)49-19-8-6-16-48(49)53-44(35-28-40-14-10-20-50(55)52(40)53)38-24-31-42(32-25-38)56(41-29-22-37(23-30-41)36-12-4-3-5-13-36)43-33-26-39(27-34-43)45-17-11-18-47-46-15-7-9-21-51(46)57-54(45)47/h3-35H,1-2H3. The van der Waals surface area contributed by atoms with Gasteiger partial charge >= 0.3 is 0 Å². The van der Waals surface area contributed by atoms with Crippen molar-refractivity contribution in [3.05, 3.63) is 211 Å². The topological polar surface area (TPSA) is 16.4 Å². The fourth-order valence-electron chi connectivity index (χ4n) is 9.25. The molecule has 0 amide bonds. The molecule has 0 aliphatic heterocycles. The van der Waals surface area contributed by atoms with Gasteiger partial charge in [0, 0.05) is 38.8 Å². The van der Waals surface area contributed by atoms with E-state index in [4.69, 9.17) is 4.42 Å². The van der Waals surface area contributed by atoms with Gasteiger partial charge in [-0.1, -0.05) is 172 Å². The summed E-state index contributed by atoms with van der Waals surface area (Å²) >= 11 is 0. The second-order valence-corrected chi connectivity index (χ2v) is 15.7. The molecule has 0 spiro atoms. The maximum absolute atomic E-state index is 6.42. The van der Waals surface area contributed by atoms with Crippen LogP contribution in [0.4, 0.5) is 17.1 Å². The lowest BCUT2D eigenvalue weighted by Gasteiger charge is -2.36. The van der Waals surface area contributed by atoms with Crippen LogP contribution < -0.4 is 4.90 Å². The SMILES string of the molecule is CC1(C)c2ccccc2-c2c(-c3ccc(N(c4ccc(-c5ccccc5)cc4)c4ccc(-c5cccc6c5oc5ccccc56)cc4)cc3)ccc3cccc1c23. The number of fused-ring (bicyclic) bond motifs is 5. The zero-order valence-corrected chi connectivity index (χ0v) is 31.9. The van der Waals surface area contributed by atoms with Gasteiger partial charge < -0.3 is 9.32 Å². The molecule has 1 heterocycles. The molecule has 0 saturated heterocycles. The third-order valence-corrected chi connectivity index (χ3v) is 12.1. The van der Waals surface area contributed by atoms with E-state index in [2.05, 4.69) is 207 Å². The summed E-state index contributed by atoms with van der Waals surface area (Å²) in [5.41, 5.74) is 17.5. The van der Waals surface area contributed by atoms with Crippen molar-refractivity contribution in [1.29, 1.82) is 0 Å². The van der Waals surface area contributed by atoms with Crippen molar-refractivity contribution in [3.63, 3.8) is 0 Å². The van der Waals surface area contributed by atoms with E-state index in [9.17, 15) is 0 Å². The lowest BCUT2D eigenvalue weighted by molar-refractivity contribution is 0.645. The Balaban J connectivity index is 1.02. The van der Waals surface area contributed by atoms with Gasteiger partial charge in [0.15, 0.2) is 0 Å². The molecule has 0 radical (unpaired) electrons. The molecule has 1 aliphatic carbocycles. The monoisotopic (exact) mass is 729 g/mol. The van der Waals surface area contributed by atoms with Gasteiger partial charge in [0.1, 0.15) is 11.2 Å². The van der Waals surface area contributed by atoms with Crippen molar-refractivity contribution in [2.45, 2.75) is 19.3 Å². The predicted molar refractivity (Wildman–Crippen MR) is 240 cm³/mol. The number of benzene rings is 9. The van der Waals surface area contributed by atoms with Gasteiger partial charge in [-0.15, -0.1) is 0 Å². The quantitative estimate of drug-likeness (QED) is 0.169. The van der Waals surface area contributed by atoms with Crippen LogP contribution in [-0.4, -0.2) is 0 Å². The van der Waals surface area contributed by atoms with Gasteiger partial charge in [-0.2, -0.15) is 0 Å². The fraction of sp³-hybridized carbons (Fsp3) is 0.0545. The zero-order chi connectivity index (χ0) is 38.1. The average Bonchev–Trinajstić information content (AvgIpc) is 3.66. The molecule has 9 aromatic carbocycles. The Morgan fingerprint density at radius 1 is 0.386 bits per heavy atom. The van der Waals surface area contributed by atoms with E-state index in [1.807, 2.05) is 12.1 Å². The first-order valence-corrected chi connectivity index (χ1v) is 19.8. The van der Waals surface area contributed by atoms with Crippen molar-refractivity contribution in [1.82, 2.24) is 0 Å². The van der Waals surface area contributed by atoms with E-state index < -0.39 is 0 Å². The molecule has 11 rings (SSSR count). The van der Waals surface area contributed by atoms with Crippen LogP contribution >= 0.6 is 0 Å². The highest BCUT2D eigenvalue weighted by molar-refractivity contribution is 6.10. The minimum Gasteiger partial charge on any atom is -0.455 e. The molecule has 0 bridgehead atoms. The Morgan fingerprint density at radius 3 is 1.67 bits per heavy atom. The summed E-state index contributed by atoms with van der Waals surface area (Å²) in [6.45, 7) is 4.72. The molecule has 0 atom stereocenters. The summed E-state index contributed by atoms with van der Waals surface area (Å²) in [7, 11) is 0. The highest BCUT2D eigenvalue weighted by atomic mass is 16.3. The molecule has 2 heteroatoms. The summed E-state index contributed by atoms with van der Waals surface area (Å²) in [4.78, 5) is 2.35. The summed E-state index contributed by atoms with van der Waals surface area (Å²) in [6, 6.07) is 72.5. The maximum Gasteiger partial charge on any atom is 0.143 e. The normalized spacial score (nSPS) is 12.9. The first-order valence-electron chi connectivity index (χ1n) is 19.8. The molecule has 2 nitrogen and oxygen atoms in total. The second-order valence-electron chi connectivity index (χ2n) is 15.7. The number of anilines is 3. The van der Waals surface area contributed by atoms with E-state index in [-0.39, 0.29) is 5.41 Å². The first kappa shape index (κ1) is 33.2. The molecule has 0 unspecified atom stereocenters. The van der Waals surface area contributed by atoms with Crippen molar-refractivity contribution in [2.75, 3.05) is 4.90 Å². The molecule has 57 heavy (non-hydrogen) atoms. The molecular weight excluding hydrogens is 691 g/mol. The third kappa shape index (κ3) is 5.33. The first-order chi connectivity index (χ1) is 28.0. The van der Waals surface area contributed by atoms with E-state index >= 15 is 0 Å². The van der Waals surface area contributed by atoms with Crippen LogP contribution in [0.25, 0.3) is 77.2 Å². The van der Waals surface area contributed by atoms with E-state index in [1.165, 1.54) is 55.3 Å². The molecule has 1 aromatic heterocycles. The van der Waals surface area contributed by atoms with Crippen molar-refractivity contribution < 1.29 is 4.42 Å². The number of rotatable bonds is 6. The van der Waals surface area contributed by atoms with Gasteiger partial charge in [0.05, 0.1) is 0 Å². The predicted octanol–water partition coefficient (Wildman–Crippen LogP) is 15.5. The lowest BCUT2D eigenvalue weighted by Crippen LogP contribution is -2.23. The Labute approximate surface area is 332 Å². The van der Waals surface area contributed by atoms with Crippen molar-refractivity contribution in [2.24, 2.45) is 0 Å². The largest absolute Gasteiger partial charge is 0.455 e. The summed E-state index contributed by atoms with van der Waals surface area (Å²) in [5, 5.41) is 4.93. The summed E-state index contributed by atoms with van der Waals surface area (Å²) < 4.78 is 6.42. The highest BCUT2D eigenvalue weighted by Gasteiger charge is 2.34. The van der Waals surface area contributed by atoms with E-state index in [1.54, 1.807) is 0 Å². The van der Waals surface area contributed by atoms with Crippen LogP contribution in [0.5, 0.6) is 0 Å². The van der Waals surface area contributed by atoms with Crippen LogP contribution in [-0.2, 0) is 5.41 Å². The minimum absolute atomic E-state index is 0.0870. The number of furan rings is 1. The van der Waals surface area contributed by atoms with Crippen LogP contribution in [0.15, 0.2) is 205 Å². The van der Waals surface area contributed by atoms with Crippen LogP contribution in [0.2, 0.25) is 0 Å². The van der Waals surface area contributed by atoms with E-state index in [0.29, 0.717) is 0 Å². The van der Waals surface area contributed by atoms with E-state index in [0.717, 1.165) is 50.1 Å². The molecule has 1 aliphatic rings. The van der Waals surface area contributed by atoms with Crippen molar-refractivity contribution in [3.8, 4) is 44.5 Å². The lowest BCUT2D eigenvalue weighted by atomic mass is 9.67. The minimum atomic E-state index is -0.0870. The zero-order valence-electron chi connectivity index (χ0n) is 31.9. The molecule has 0 saturated carbocycles. The number of hydrogen-bond donors (Lipinski definition) is 0. The number of para-hydroxylation sites is 2. The Morgan fingerprint density at radius 2 is 0.930 bits per heavy atom. The molecule has 0 fully saturated rings. The highest BCUT2D eigenvalue weighted by Crippen LogP contribution is 2.52. The molecule has 270 valence electrons. The third-order valence-electron chi connectivity index (χ3n) is 12.1. The molecule has 10 aromatic rings. The summed E-state index contributed by atoms with van der Waals surface area (Å²) in [5.74, 6) is 0. The van der Waals surface area contributed by atoms with Gasteiger partial charge in [0.2, 0.25) is 0 Å². The van der Waals surface area contributed by atoms with Gasteiger partial charge in [-0.05, 0) is 103 Å². The second kappa shape index (κ2) is 13.0. The van der Waals surface area contributed by atoms with Gasteiger partial charge in [0.25, 0.3) is 0 Å². The average molecular weight is 730 g/mol. The Bertz CT molecular complexity index is 3120. The van der Waals surface area contributed by atoms with Crippen LogP contribution in [0.3, 0.4) is 0 Å². The molecule has 0 N–H and O–H groups in total. The van der Waals surface area contributed by atoms with Gasteiger partial charge in [-0.25, -0.2) is 0 Å².